The first kappa shape index (κ1) is 8.81. The third-order valence-corrected chi connectivity index (χ3v) is 2.12. The summed E-state index contributed by atoms with van der Waals surface area (Å²) in [5.74, 6) is 1.19. The number of benzene rings is 1. The maximum atomic E-state index is 9.27. The van der Waals surface area contributed by atoms with E-state index >= 15 is 0 Å². The molecule has 1 N–H and O–H groups in total. The van der Waals surface area contributed by atoms with Gasteiger partial charge in [-0.05, 0) is 30.3 Å². The summed E-state index contributed by atoms with van der Waals surface area (Å²) in [4.78, 5) is 6.38. The van der Waals surface area contributed by atoms with Crippen molar-refractivity contribution < 1.29 is 5.11 Å². The molecule has 3 nitrogen and oxygen atoms in total. The molecular weight excluding hydrogens is 176 g/mol. The Labute approximate surface area is 82.6 Å². The van der Waals surface area contributed by atoms with E-state index in [-0.39, 0.29) is 5.75 Å². The van der Waals surface area contributed by atoms with E-state index in [1.54, 1.807) is 12.1 Å². The van der Waals surface area contributed by atoms with Crippen LogP contribution in [0.25, 0.3) is 10.9 Å². The summed E-state index contributed by atoms with van der Waals surface area (Å²) in [7, 11) is 3.91. The Kier molecular flexibility index (Phi) is 2.00. The average molecular weight is 188 g/mol. The van der Waals surface area contributed by atoms with E-state index in [0.29, 0.717) is 0 Å². The van der Waals surface area contributed by atoms with Gasteiger partial charge in [0, 0.05) is 19.5 Å². The standard InChI is InChI=1S/C11H12N2O/c1-13(2)11-6-3-8-7-9(14)4-5-10(8)12-11/h3-7,14H,1-2H3. The normalized spacial score (nSPS) is 10.4. The fraction of sp³-hybridized carbons (Fsp3) is 0.182. The van der Waals surface area contributed by atoms with Crippen molar-refractivity contribution in [1.82, 2.24) is 4.98 Å². The van der Waals surface area contributed by atoms with Gasteiger partial charge < -0.3 is 10.0 Å². The van der Waals surface area contributed by atoms with Gasteiger partial charge in [0.15, 0.2) is 0 Å². The minimum absolute atomic E-state index is 0.275. The summed E-state index contributed by atoms with van der Waals surface area (Å²) in [5, 5.41) is 10.2. The molecule has 3 heteroatoms. The zero-order valence-corrected chi connectivity index (χ0v) is 8.23. The monoisotopic (exact) mass is 188 g/mol. The van der Waals surface area contributed by atoms with E-state index in [1.165, 1.54) is 0 Å². The molecule has 0 aliphatic rings. The van der Waals surface area contributed by atoms with Crippen molar-refractivity contribution in [2.45, 2.75) is 0 Å². The SMILES string of the molecule is CN(C)c1ccc2cc(O)ccc2n1. The molecule has 0 amide bonds. The van der Waals surface area contributed by atoms with Crippen LogP contribution in [0.15, 0.2) is 30.3 Å². The number of hydrogen-bond donors (Lipinski definition) is 1. The maximum Gasteiger partial charge on any atom is 0.128 e. The van der Waals surface area contributed by atoms with Crippen LogP contribution >= 0.6 is 0 Å². The number of phenols is 1. The summed E-state index contributed by atoms with van der Waals surface area (Å²) in [6.07, 6.45) is 0. The van der Waals surface area contributed by atoms with Gasteiger partial charge in [-0.25, -0.2) is 4.98 Å². The quantitative estimate of drug-likeness (QED) is 0.743. The van der Waals surface area contributed by atoms with Gasteiger partial charge in [-0.15, -0.1) is 0 Å². The molecule has 2 rings (SSSR count). The fourth-order valence-corrected chi connectivity index (χ4v) is 1.35. The average Bonchev–Trinajstić information content (AvgIpc) is 2.16. The van der Waals surface area contributed by atoms with E-state index in [1.807, 2.05) is 37.2 Å². The van der Waals surface area contributed by atoms with Crippen molar-refractivity contribution in [3.8, 4) is 5.75 Å². The van der Waals surface area contributed by atoms with E-state index in [2.05, 4.69) is 4.98 Å². The Balaban J connectivity index is 2.62. The van der Waals surface area contributed by atoms with Crippen molar-refractivity contribution in [1.29, 1.82) is 0 Å². The number of pyridine rings is 1. The van der Waals surface area contributed by atoms with Gasteiger partial charge in [-0.2, -0.15) is 0 Å². The molecule has 0 atom stereocenters. The Hall–Kier alpha value is -1.77. The van der Waals surface area contributed by atoms with Crippen LogP contribution in [0.3, 0.4) is 0 Å². The molecule has 0 aliphatic heterocycles. The second kappa shape index (κ2) is 3.18. The van der Waals surface area contributed by atoms with Crippen LogP contribution < -0.4 is 4.90 Å². The van der Waals surface area contributed by atoms with Crippen LogP contribution in [0.5, 0.6) is 5.75 Å². The highest BCUT2D eigenvalue weighted by Gasteiger charge is 2.00. The van der Waals surface area contributed by atoms with Crippen LogP contribution in [-0.4, -0.2) is 24.2 Å². The topological polar surface area (TPSA) is 36.4 Å². The molecule has 0 saturated heterocycles. The number of hydrogen-bond acceptors (Lipinski definition) is 3. The van der Waals surface area contributed by atoms with Crippen LogP contribution in [0, 0.1) is 0 Å². The lowest BCUT2D eigenvalue weighted by atomic mass is 10.2. The largest absolute Gasteiger partial charge is 0.508 e. The van der Waals surface area contributed by atoms with Gasteiger partial charge in [0.25, 0.3) is 0 Å². The minimum Gasteiger partial charge on any atom is -0.508 e. The zero-order chi connectivity index (χ0) is 10.1. The zero-order valence-electron chi connectivity index (χ0n) is 8.23. The summed E-state index contributed by atoms with van der Waals surface area (Å²) in [6, 6.07) is 9.06. The summed E-state index contributed by atoms with van der Waals surface area (Å²) in [5.41, 5.74) is 0.897. The second-order valence-electron chi connectivity index (χ2n) is 3.44. The lowest BCUT2D eigenvalue weighted by Gasteiger charge is -2.11. The molecule has 0 aliphatic carbocycles. The van der Waals surface area contributed by atoms with Gasteiger partial charge in [0.2, 0.25) is 0 Å². The number of nitrogens with zero attached hydrogens (tertiary/aromatic N) is 2. The first-order chi connectivity index (χ1) is 6.66. The number of rotatable bonds is 1. The van der Waals surface area contributed by atoms with Gasteiger partial charge in [0.1, 0.15) is 11.6 Å². The predicted octanol–water partition coefficient (Wildman–Crippen LogP) is 2.01. The Morgan fingerprint density at radius 2 is 1.93 bits per heavy atom. The lowest BCUT2D eigenvalue weighted by molar-refractivity contribution is 0.476. The molecule has 0 fully saturated rings. The predicted molar refractivity (Wildman–Crippen MR) is 57.7 cm³/mol. The van der Waals surface area contributed by atoms with E-state index < -0.39 is 0 Å². The first-order valence-electron chi connectivity index (χ1n) is 4.44. The lowest BCUT2D eigenvalue weighted by Crippen LogP contribution is -2.10. The second-order valence-corrected chi connectivity index (χ2v) is 3.44. The number of aromatic nitrogens is 1. The highest BCUT2D eigenvalue weighted by Crippen LogP contribution is 2.20. The molecular formula is C11H12N2O. The summed E-state index contributed by atoms with van der Waals surface area (Å²) < 4.78 is 0. The molecule has 1 aromatic heterocycles. The van der Waals surface area contributed by atoms with Gasteiger partial charge in [-0.3, -0.25) is 0 Å². The molecule has 1 heterocycles. The highest BCUT2D eigenvalue weighted by atomic mass is 16.3. The number of anilines is 1. The van der Waals surface area contributed by atoms with Gasteiger partial charge >= 0.3 is 0 Å². The molecule has 0 spiro atoms. The molecule has 0 saturated carbocycles. The molecule has 0 radical (unpaired) electrons. The number of aromatic hydroxyl groups is 1. The van der Waals surface area contributed by atoms with Crippen molar-refractivity contribution in [3.05, 3.63) is 30.3 Å². The van der Waals surface area contributed by atoms with Crippen LogP contribution in [0.1, 0.15) is 0 Å². The minimum atomic E-state index is 0.275. The smallest absolute Gasteiger partial charge is 0.128 e. The summed E-state index contributed by atoms with van der Waals surface area (Å²) >= 11 is 0. The van der Waals surface area contributed by atoms with Gasteiger partial charge in [-0.1, -0.05) is 0 Å². The van der Waals surface area contributed by atoms with Crippen molar-refractivity contribution in [2.75, 3.05) is 19.0 Å². The molecule has 0 unspecified atom stereocenters. The first-order valence-corrected chi connectivity index (χ1v) is 4.44. The van der Waals surface area contributed by atoms with E-state index in [4.69, 9.17) is 0 Å². The third kappa shape index (κ3) is 1.48. The molecule has 72 valence electrons. The van der Waals surface area contributed by atoms with Gasteiger partial charge in [0.05, 0.1) is 5.52 Å². The summed E-state index contributed by atoms with van der Waals surface area (Å²) in [6.45, 7) is 0. The molecule has 1 aromatic carbocycles. The van der Waals surface area contributed by atoms with Crippen molar-refractivity contribution in [2.24, 2.45) is 0 Å². The fourth-order valence-electron chi connectivity index (χ4n) is 1.35. The number of phenolic OH excluding ortho intramolecular Hbond substituents is 1. The Morgan fingerprint density at radius 1 is 1.14 bits per heavy atom. The maximum absolute atomic E-state index is 9.27. The van der Waals surface area contributed by atoms with Crippen LogP contribution in [-0.2, 0) is 0 Å². The number of fused-ring (bicyclic) bond motifs is 1. The highest BCUT2D eigenvalue weighted by molar-refractivity contribution is 5.81. The molecule has 14 heavy (non-hydrogen) atoms. The molecule has 0 bridgehead atoms. The third-order valence-electron chi connectivity index (χ3n) is 2.12. The van der Waals surface area contributed by atoms with E-state index in [9.17, 15) is 5.11 Å². The van der Waals surface area contributed by atoms with Crippen molar-refractivity contribution in [3.63, 3.8) is 0 Å². The van der Waals surface area contributed by atoms with E-state index in [0.717, 1.165) is 16.7 Å². The Bertz CT molecular complexity index is 466. The molecule has 2 aromatic rings. The van der Waals surface area contributed by atoms with Crippen molar-refractivity contribution >= 4 is 16.7 Å². The Morgan fingerprint density at radius 3 is 2.64 bits per heavy atom. The van der Waals surface area contributed by atoms with Crippen LogP contribution in [0.4, 0.5) is 5.82 Å². The van der Waals surface area contributed by atoms with Crippen LogP contribution in [0.2, 0.25) is 0 Å².